The number of nitrogens with one attached hydrogen (secondary N) is 2. The van der Waals surface area contributed by atoms with Crippen LogP contribution in [0.15, 0.2) is 48.7 Å². The summed E-state index contributed by atoms with van der Waals surface area (Å²) < 4.78 is 5.28. The molecule has 2 N–H and O–H groups in total. The zero-order valence-electron chi connectivity index (χ0n) is 11.7. The molecule has 0 atom stereocenters. The van der Waals surface area contributed by atoms with E-state index in [-0.39, 0.29) is 0 Å². The van der Waals surface area contributed by atoms with Crippen molar-refractivity contribution in [2.45, 2.75) is 13.5 Å². The molecule has 0 aliphatic heterocycles. The van der Waals surface area contributed by atoms with Crippen molar-refractivity contribution in [2.24, 2.45) is 0 Å². The Bertz CT molecular complexity index is 731. The second-order valence-corrected chi connectivity index (χ2v) is 4.94. The van der Waals surface area contributed by atoms with Gasteiger partial charge in [0, 0.05) is 29.3 Å². The fourth-order valence-corrected chi connectivity index (χ4v) is 2.42. The van der Waals surface area contributed by atoms with Crippen LogP contribution >= 0.6 is 0 Å². The van der Waals surface area contributed by atoms with Gasteiger partial charge in [0.15, 0.2) is 0 Å². The number of aromatic amines is 1. The Balaban J connectivity index is 1.73. The van der Waals surface area contributed by atoms with Crippen LogP contribution in [-0.2, 0) is 6.54 Å². The normalized spacial score (nSPS) is 10.7. The highest BCUT2D eigenvalue weighted by atomic mass is 16.5. The van der Waals surface area contributed by atoms with Crippen molar-refractivity contribution in [3.8, 4) is 5.75 Å². The number of hydrogen-bond acceptors (Lipinski definition) is 2. The van der Waals surface area contributed by atoms with E-state index in [9.17, 15) is 0 Å². The van der Waals surface area contributed by atoms with E-state index in [2.05, 4.69) is 53.6 Å². The van der Waals surface area contributed by atoms with Gasteiger partial charge in [0.1, 0.15) is 5.75 Å². The van der Waals surface area contributed by atoms with E-state index in [0.29, 0.717) is 0 Å². The molecule has 1 aromatic heterocycles. The molecule has 0 unspecified atom stereocenters. The Morgan fingerprint density at radius 1 is 1.10 bits per heavy atom. The number of fused-ring (bicyclic) bond motifs is 1. The van der Waals surface area contributed by atoms with Gasteiger partial charge in [-0.1, -0.05) is 12.1 Å². The van der Waals surface area contributed by atoms with Gasteiger partial charge in [0.25, 0.3) is 0 Å². The number of aryl methyl sites for hydroxylation is 1. The lowest BCUT2D eigenvalue weighted by molar-refractivity contribution is 0.411. The molecule has 0 saturated heterocycles. The first-order chi connectivity index (χ1) is 9.76. The van der Waals surface area contributed by atoms with Gasteiger partial charge in [0.2, 0.25) is 0 Å². The number of rotatable bonds is 4. The van der Waals surface area contributed by atoms with Crippen molar-refractivity contribution in [1.82, 2.24) is 4.98 Å². The van der Waals surface area contributed by atoms with Gasteiger partial charge in [-0.2, -0.15) is 0 Å². The summed E-state index contributed by atoms with van der Waals surface area (Å²) in [6, 6.07) is 14.7. The molecule has 102 valence electrons. The van der Waals surface area contributed by atoms with Crippen LogP contribution in [-0.4, -0.2) is 12.1 Å². The van der Waals surface area contributed by atoms with Crippen LogP contribution in [0.3, 0.4) is 0 Å². The Labute approximate surface area is 118 Å². The Kier molecular flexibility index (Phi) is 3.33. The second kappa shape index (κ2) is 5.29. The number of methoxy groups -OCH3 is 1. The van der Waals surface area contributed by atoms with Crippen molar-refractivity contribution in [1.29, 1.82) is 0 Å². The Hall–Kier alpha value is -2.42. The van der Waals surface area contributed by atoms with Gasteiger partial charge in [-0.3, -0.25) is 0 Å². The minimum Gasteiger partial charge on any atom is -0.496 e. The molecule has 2 aromatic carbocycles. The number of hydrogen-bond donors (Lipinski definition) is 2. The van der Waals surface area contributed by atoms with Crippen molar-refractivity contribution >= 4 is 16.6 Å². The van der Waals surface area contributed by atoms with Gasteiger partial charge in [-0.15, -0.1) is 0 Å². The van der Waals surface area contributed by atoms with E-state index in [0.717, 1.165) is 29.1 Å². The average molecular weight is 266 g/mol. The lowest BCUT2D eigenvalue weighted by Crippen LogP contribution is -2.00. The Morgan fingerprint density at radius 3 is 2.80 bits per heavy atom. The van der Waals surface area contributed by atoms with Crippen LogP contribution in [0.4, 0.5) is 5.69 Å². The smallest absolute Gasteiger partial charge is 0.121 e. The van der Waals surface area contributed by atoms with E-state index >= 15 is 0 Å². The number of benzene rings is 2. The predicted octanol–water partition coefficient (Wildman–Crippen LogP) is 4.10. The highest BCUT2D eigenvalue weighted by Gasteiger charge is 2.01. The quantitative estimate of drug-likeness (QED) is 0.746. The molecule has 3 nitrogen and oxygen atoms in total. The van der Waals surface area contributed by atoms with E-state index in [4.69, 9.17) is 4.74 Å². The molecular weight excluding hydrogens is 248 g/mol. The van der Waals surface area contributed by atoms with Crippen molar-refractivity contribution < 1.29 is 4.74 Å². The molecular formula is C17H18N2O. The van der Waals surface area contributed by atoms with Crippen molar-refractivity contribution in [3.63, 3.8) is 0 Å². The summed E-state index contributed by atoms with van der Waals surface area (Å²) >= 11 is 0. The summed E-state index contributed by atoms with van der Waals surface area (Å²) in [6.07, 6.45) is 1.96. The van der Waals surface area contributed by atoms with E-state index in [1.807, 2.05) is 12.3 Å². The molecule has 3 heteroatoms. The lowest BCUT2D eigenvalue weighted by atomic mass is 10.1. The monoisotopic (exact) mass is 266 g/mol. The number of anilines is 1. The predicted molar refractivity (Wildman–Crippen MR) is 83.4 cm³/mol. The third-order valence-corrected chi connectivity index (χ3v) is 3.51. The standard InChI is InChI=1S/C17H18N2O/c1-12-9-13(3-6-17(12)20-2)11-19-15-4-5-16-14(10-15)7-8-18-16/h3-10,18-19H,11H2,1-2H3. The molecule has 20 heavy (non-hydrogen) atoms. The zero-order chi connectivity index (χ0) is 13.9. The van der Waals surface area contributed by atoms with Gasteiger partial charge >= 0.3 is 0 Å². The van der Waals surface area contributed by atoms with E-state index in [1.54, 1.807) is 7.11 Å². The zero-order valence-corrected chi connectivity index (χ0v) is 11.7. The van der Waals surface area contributed by atoms with Gasteiger partial charge in [-0.05, 0) is 48.4 Å². The molecule has 1 heterocycles. The minimum atomic E-state index is 0.806. The van der Waals surface area contributed by atoms with Gasteiger partial charge < -0.3 is 15.0 Å². The van der Waals surface area contributed by atoms with Gasteiger partial charge in [0.05, 0.1) is 7.11 Å². The average Bonchev–Trinajstić information content (AvgIpc) is 2.92. The van der Waals surface area contributed by atoms with Crippen LogP contribution in [0.5, 0.6) is 5.75 Å². The molecule has 0 amide bonds. The molecule has 3 rings (SSSR count). The Morgan fingerprint density at radius 2 is 2.00 bits per heavy atom. The molecule has 0 saturated carbocycles. The SMILES string of the molecule is COc1ccc(CNc2ccc3[nH]ccc3c2)cc1C. The fraction of sp³-hybridized carbons (Fsp3) is 0.176. The maximum atomic E-state index is 5.28. The summed E-state index contributed by atoms with van der Waals surface area (Å²) in [4.78, 5) is 3.20. The van der Waals surface area contributed by atoms with Crippen LogP contribution in [0.1, 0.15) is 11.1 Å². The lowest BCUT2D eigenvalue weighted by Gasteiger charge is -2.09. The summed E-state index contributed by atoms with van der Waals surface area (Å²) in [5, 5.41) is 4.68. The van der Waals surface area contributed by atoms with Crippen molar-refractivity contribution in [2.75, 3.05) is 12.4 Å². The largest absolute Gasteiger partial charge is 0.496 e. The number of ether oxygens (including phenoxy) is 1. The van der Waals surface area contributed by atoms with Crippen LogP contribution in [0.25, 0.3) is 10.9 Å². The summed E-state index contributed by atoms with van der Waals surface area (Å²) in [6.45, 7) is 2.87. The summed E-state index contributed by atoms with van der Waals surface area (Å²) in [5.41, 5.74) is 4.70. The van der Waals surface area contributed by atoms with Crippen LogP contribution in [0.2, 0.25) is 0 Å². The first kappa shape index (κ1) is 12.6. The summed E-state index contributed by atoms with van der Waals surface area (Å²) in [5.74, 6) is 0.933. The van der Waals surface area contributed by atoms with Crippen LogP contribution < -0.4 is 10.1 Å². The molecule has 0 aliphatic carbocycles. The minimum absolute atomic E-state index is 0.806. The first-order valence-corrected chi connectivity index (χ1v) is 6.71. The van der Waals surface area contributed by atoms with E-state index < -0.39 is 0 Å². The third-order valence-electron chi connectivity index (χ3n) is 3.51. The topological polar surface area (TPSA) is 37.0 Å². The second-order valence-electron chi connectivity index (χ2n) is 4.94. The molecule has 0 bridgehead atoms. The van der Waals surface area contributed by atoms with Crippen molar-refractivity contribution in [3.05, 3.63) is 59.8 Å². The van der Waals surface area contributed by atoms with Gasteiger partial charge in [-0.25, -0.2) is 0 Å². The maximum absolute atomic E-state index is 5.28. The third kappa shape index (κ3) is 2.48. The van der Waals surface area contributed by atoms with Crippen LogP contribution in [0, 0.1) is 6.92 Å². The van der Waals surface area contributed by atoms with E-state index in [1.165, 1.54) is 10.9 Å². The number of aromatic nitrogens is 1. The molecule has 0 radical (unpaired) electrons. The molecule has 0 fully saturated rings. The molecule has 0 aliphatic rings. The maximum Gasteiger partial charge on any atom is 0.121 e. The summed E-state index contributed by atoms with van der Waals surface area (Å²) in [7, 11) is 1.70. The first-order valence-electron chi connectivity index (χ1n) is 6.71. The fourth-order valence-electron chi connectivity index (χ4n) is 2.42. The highest BCUT2D eigenvalue weighted by Crippen LogP contribution is 2.21. The molecule has 3 aromatic rings. The highest BCUT2D eigenvalue weighted by molar-refractivity contribution is 5.82. The molecule has 0 spiro atoms. The number of H-pyrrole nitrogens is 1.